The van der Waals surface area contributed by atoms with Crippen LogP contribution in [0.25, 0.3) is 11.4 Å². The van der Waals surface area contributed by atoms with Gasteiger partial charge in [0, 0.05) is 12.0 Å². The van der Waals surface area contributed by atoms with Crippen LogP contribution in [-0.4, -0.2) is 23.2 Å². The summed E-state index contributed by atoms with van der Waals surface area (Å²) < 4.78 is 5.39. The zero-order valence-electron chi connectivity index (χ0n) is 11.2. The molecule has 0 spiro atoms. The number of piperidine rings is 1. The topological polar surface area (TPSA) is 51.0 Å². The summed E-state index contributed by atoms with van der Waals surface area (Å²) in [4.78, 5) is 4.53. The van der Waals surface area contributed by atoms with Crippen molar-refractivity contribution in [2.24, 2.45) is 5.92 Å². The first kappa shape index (κ1) is 12.4. The van der Waals surface area contributed by atoms with Crippen LogP contribution in [0.3, 0.4) is 0 Å². The van der Waals surface area contributed by atoms with Crippen molar-refractivity contribution < 1.29 is 4.52 Å². The number of nitrogens with zero attached hydrogens (tertiary/aromatic N) is 2. The molecule has 1 N–H and O–H groups in total. The Kier molecular flexibility index (Phi) is 3.60. The van der Waals surface area contributed by atoms with Gasteiger partial charge < -0.3 is 9.84 Å². The Hall–Kier alpha value is -1.68. The molecule has 0 unspecified atom stereocenters. The van der Waals surface area contributed by atoms with E-state index in [4.69, 9.17) is 4.52 Å². The lowest BCUT2D eigenvalue weighted by Gasteiger charge is -2.20. The summed E-state index contributed by atoms with van der Waals surface area (Å²) >= 11 is 0. The second kappa shape index (κ2) is 5.53. The van der Waals surface area contributed by atoms with E-state index >= 15 is 0 Å². The van der Waals surface area contributed by atoms with Crippen molar-refractivity contribution in [2.45, 2.75) is 26.2 Å². The number of hydrogen-bond donors (Lipinski definition) is 1. The molecule has 1 aliphatic rings. The molecule has 0 saturated carbocycles. The number of aryl methyl sites for hydroxylation is 1. The SMILES string of the molecule is Cc1ccccc1-c1noc(C[C@@H]2CCCNC2)n1. The Morgan fingerprint density at radius 2 is 2.26 bits per heavy atom. The summed E-state index contributed by atoms with van der Waals surface area (Å²) in [6, 6.07) is 8.12. The molecule has 0 radical (unpaired) electrons. The molecule has 1 aliphatic heterocycles. The number of aromatic nitrogens is 2. The molecule has 4 heteroatoms. The molecule has 0 amide bonds. The third kappa shape index (κ3) is 2.84. The molecular weight excluding hydrogens is 238 g/mol. The molecule has 1 saturated heterocycles. The van der Waals surface area contributed by atoms with Crippen molar-refractivity contribution in [1.29, 1.82) is 0 Å². The van der Waals surface area contributed by atoms with E-state index in [2.05, 4.69) is 28.4 Å². The first-order valence-corrected chi connectivity index (χ1v) is 6.92. The zero-order chi connectivity index (χ0) is 13.1. The summed E-state index contributed by atoms with van der Waals surface area (Å²) in [6.45, 7) is 4.26. The summed E-state index contributed by atoms with van der Waals surface area (Å²) in [5.74, 6) is 2.09. The van der Waals surface area contributed by atoms with Gasteiger partial charge >= 0.3 is 0 Å². The Bertz CT molecular complexity index is 544. The summed E-state index contributed by atoms with van der Waals surface area (Å²) in [5.41, 5.74) is 2.23. The second-order valence-corrected chi connectivity index (χ2v) is 5.24. The van der Waals surface area contributed by atoms with Crippen molar-refractivity contribution in [1.82, 2.24) is 15.5 Å². The minimum Gasteiger partial charge on any atom is -0.339 e. The van der Waals surface area contributed by atoms with Gasteiger partial charge in [-0.3, -0.25) is 0 Å². The lowest BCUT2D eigenvalue weighted by Crippen LogP contribution is -2.30. The predicted octanol–water partition coefficient (Wildman–Crippen LogP) is 2.59. The largest absolute Gasteiger partial charge is 0.339 e. The Labute approximate surface area is 113 Å². The maximum atomic E-state index is 5.39. The maximum Gasteiger partial charge on any atom is 0.227 e. The van der Waals surface area contributed by atoms with E-state index in [-0.39, 0.29) is 0 Å². The molecule has 2 aromatic rings. The predicted molar refractivity (Wildman–Crippen MR) is 73.8 cm³/mol. The van der Waals surface area contributed by atoms with Crippen LogP contribution in [0.4, 0.5) is 0 Å². The van der Waals surface area contributed by atoms with Crippen LogP contribution in [0.2, 0.25) is 0 Å². The van der Waals surface area contributed by atoms with Crippen LogP contribution in [0, 0.1) is 12.8 Å². The average Bonchev–Trinajstić information content (AvgIpc) is 2.89. The highest BCUT2D eigenvalue weighted by molar-refractivity contribution is 5.58. The first-order chi connectivity index (χ1) is 9.33. The fourth-order valence-corrected chi connectivity index (χ4v) is 2.62. The van der Waals surface area contributed by atoms with Gasteiger partial charge in [-0.2, -0.15) is 4.98 Å². The van der Waals surface area contributed by atoms with E-state index < -0.39 is 0 Å². The first-order valence-electron chi connectivity index (χ1n) is 6.92. The number of rotatable bonds is 3. The third-order valence-corrected chi connectivity index (χ3v) is 3.72. The third-order valence-electron chi connectivity index (χ3n) is 3.72. The summed E-state index contributed by atoms with van der Waals surface area (Å²) in [7, 11) is 0. The summed E-state index contributed by atoms with van der Waals surface area (Å²) in [6.07, 6.45) is 3.37. The molecule has 1 atom stereocenters. The van der Waals surface area contributed by atoms with Gasteiger partial charge in [0.1, 0.15) is 0 Å². The number of benzene rings is 1. The van der Waals surface area contributed by atoms with Gasteiger partial charge in [-0.05, 0) is 44.3 Å². The maximum absolute atomic E-state index is 5.39. The van der Waals surface area contributed by atoms with Crippen LogP contribution in [0.15, 0.2) is 28.8 Å². The molecule has 19 heavy (non-hydrogen) atoms. The molecule has 3 rings (SSSR count). The van der Waals surface area contributed by atoms with Gasteiger partial charge in [-0.15, -0.1) is 0 Å². The van der Waals surface area contributed by atoms with Crippen molar-refractivity contribution in [2.75, 3.05) is 13.1 Å². The average molecular weight is 257 g/mol. The number of hydrogen-bond acceptors (Lipinski definition) is 4. The highest BCUT2D eigenvalue weighted by atomic mass is 16.5. The minimum atomic E-state index is 0.624. The minimum absolute atomic E-state index is 0.624. The zero-order valence-corrected chi connectivity index (χ0v) is 11.2. The lowest BCUT2D eigenvalue weighted by atomic mass is 9.96. The van der Waals surface area contributed by atoms with E-state index in [0.717, 1.165) is 31.0 Å². The van der Waals surface area contributed by atoms with E-state index in [1.807, 2.05) is 18.2 Å². The Morgan fingerprint density at radius 3 is 3.05 bits per heavy atom. The molecular formula is C15H19N3O. The van der Waals surface area contributed by atoms with Gasteiger partial charge in [0.15, 0.2) is 0 Å². The van der Waals surface area contributed by atoms with Crippen LogP contribution in [0.5, 0.6) is 0 Å². The second-order valence-electron chi connectivity index (χ2n) is 5.24. The Balaban J connectivity index is 1.74. The quantitative estimate of drug-likeness (QED) is 0.918. The van der Waals surface area contributed by atoms with E-state index in [0.29, 0.717) is 11.7 Å². The van der Waals surface area contributed by atoms with Gasteiger partial charge in [-0.25, -0.2) is 0 Å². The Morgan fingerprint density at radius 1 is 1.37 bits per heavy atom. The molecule has 1 aromatic carbocycles. The van der Waals surface area contributed by atoms with Crippen LogP contribution < -0.4 is 5.32 Å². The molecule has 0 bridgehead atoms. The van der Waals surface area contributed by atoms with E-state index in [9.17, 15) is 0 Å². The number of nitrogens with one attached hydrogen (secondary N) is 1. The normalized spacial score (nSPS) is 19.5. The van der Waals surface area contributed by atoms with Gasteiger partial charge in [0.05, 0.1) is 0 Å². The van der Waals surface area contributed by atoms with E-state index in [1.54, 1.807) is 0 Å². The van der Waals surface area contributed by atoms with Crippen molar-refractivity contribution in [3.8, 4) is 11.4 Å². The van der Waals surface area contributed by atoms with Gasteiger partial charge in [0.2, 0.25) is 11.7 Å². The van der Waals surface area contributed by atoms with Gasteiger partial charge in [0.25, 0.3) is 0 Å². The van der Waals surface area contributed by atoms with Crippen molar-refractivity contribution in [3.05, 3.63) is 35.7 Å². The summed E-state index contributed by atoms with van der Waals surface area (Å²) in [5, 5.41) is 7.52. The van der Waals surface area contributed by atoms with Crippen LogP contribution >= 0.6 is 0 Å². The highest BCUT2D eigenvalue weighted by Crippen LogP contribution is 2.21. The molecule has 4 nitrogen and oxygen atoms in total. The molecule has 100 valence electrons. The van der Waals surface area contributed by atoms with Crippen LogP contribution in [-0.2, 0) is 6.42 Å². The highest BCUT2D eigenvalue weighted by Gasteiger charge is 2.18. The van der Waals surface area contributed by atoms with Crippen LogP contribution in [0.1, 0.15) is 24.3 Å². The monoisotopic (exact) mass is 257 g/mol. The van der Waals surface area contributed by atoms with E-state index in [1.165, 1.54) is 18.4 Å². The van der Waals surface area contributed by atoms with Crippen molar-refractivity contribution in [3.63, 3.8) is 0 Å². The fourth-order valence-electron chi connectivity index (χ4n) is 2.62. The molecule has 0 aliphatic carbocycles. The fraction of sp³-hybridized carbons (Fsp3) is 0.467. The molecule has 2 heterocycles. The lowest BCUT2D eigenvalue weighted by molar-refractivity contribution is 0.316. The molecule has 1 fully saturated rings. The smallest absolute Gasteiger partial charge is 0.227 e. The molecule has 1 aromatic heterocycles. The van der Waals surface area contributed by atoms with Crippen molar-refractivity contribution >= 4 is 0 Å². The standard InChI is InChI=1S/C15H19N3O/c1-11-5-2-3-7-13(11)15-17-14(19-18-15)9-12-6-4-8-16-10-12/h2-3,5,7,12,16H,4,6,8-10H2,1H3/t12-/m0/s1. The van der Waals surface area contributed by atoms with Gasteiger partial charge in [-0.1, -0.05) is 29.4 Å².